The molecule has 0 aromatic heterocycles. The van der Waals surface area contributed by atoms with Crippen LogP contribution in [0.4, 0.5) is 11.4 Å². The zero-order valence-corrected chi connectivity index (χ0v) is 19.6. The molecule has 1 N–H and O–H groups in total. The SMILES string of the molecule is Cc1cc(N2CCCC2)ccc1NC(=O)COC(=O)CN(C)S(=O)(=O)c1ccc(Cl)cc1. The van der Waals surface area contributed by atoms with Crippen LogP contribution in [0.15, 0.2) is 47.4 Å². The Bertz CT molecular complexity index is 1080. The molecule has 1 aliphatic heterocycles. The van der Waals surface area contributed by atoms with Gasteiger partial charge in [-0.25, -0.2) is 8.42 Å². The van der Waals surface area contributed by atoms with E-state index in [2.05, 4.69) is 10.2 Å². The Morgan fingerprint density at radius 1 is 1.12 bits per heavy atom. The van der Waals surface area contributed by atoms with Crippen molar-refractivity contribution < 1.29 is 22.7 Å². The average molecular weight is 480 g/mol. The van der Waals surface area contributed by atoms with Crippen molar-refractivity contribution in [2.75, 3.05) is 43.5 Å². The van der Waals surface area contributed by atoms with Crippen LogP contribution in [0.3, 0.4) is 0 Å². The lowest BCUT2D eigenvalue weighted by Crippen LogP contribution is -2.34. The van der Waals surface area contributed by atoms with Crippen molar-refractivity contribution >= 4 is 44.9 Å². The summed E-state index contributed by atoms with van der Waals surface area (Å²) in [6.07, 6.45) is 2.36. The lowest BCUT2D eigenvalue weighted by Gasteiger charge is -2.19. The van der Waals surface area contributed by atoms with Crippen molar-refractivity contribution in [3.63, 3.8) is 0 Å². The second-order valence-corrected chi connectivity index (χ2v) is 10.1. The van der Waals surface area contributed by atoms with Crippen molar-refractivity contribution in [2.45, 2.75) is 24.7 Å². The summed E-state index contributed by atoms with van der Waals surface area (Å²) in [7, 11) is -2.62. The predicted octanol–water partition coefficient (Wildman–Crippen LogP) is 3.05. The fourth-order valence-electron chi connectivity index (χ4n) is 3.39. The highest BCUT2D eigenvalue weighted by Crippen LogP contribution is 2.25. The Balaban J connectivity index is 1.50. The number of ether oxygens (including phenoxy) is 1. The number of benzene rings is 2. The zero-order chi connectivity index (χ0) is 23.3. The predicted molar refractivity (Wildman–Crippen MR) is 123 cm³/mol. The molecule has 1 fully saturated rings. The highest BCUT2D eigenvalue weighted by molar-refractivity contribution is 7.89. The van der Waals surface area contributed by atoms with E-state index in [0.29, 0.717) is 10.7 Å². The van der Waals surface area contributed by atoms with Gasteiger partial charge in [-0.05, 0) is 67.8 Å². The molecule has 8 nitrogen and oxygen atoms in total. The minimum atomic E-state index is -3.89. The Labute approximate surface area is 193 Å². The molecule has 32 heavy (non-hydrogen) atoms. The number of aryl methyl sites for hydroxylation is 1. The van der Waals surface area contributed by atoms with Gasteiger partial charge in [-0.1, -0.05) is 11.6 Å². The van der Waals surface area contributed by atoms with E-state index in [-0.39, 0.29) is 4.90 Å². The van der Waals surface area contributed by atoms with Crippen molar-refractivity contribution in [2.24, 2.45) is 0 Å². The molecule has 1 aliphatic rings. The molecule has 1 heterocycles. The van der Waals surface area contributed by atoms with E-state index in [0.717, 1.165) is 28.6 Å². The first kappa shape index (κ1) is 24.0. The molecule has 0 unspecified atom stereocenters. The summed E-state index contributed by atoms with van der Waals surface area (Å²) < 4.78 is 30.8. The Morgan fingerprint density at radius 2 is 1.78 bits per heavy atom. The van der Waals surface area contributed by atoms with Crippen LogP contribution < -0.4 is 10.2 Å². The van der Waals surface area contributed by atoms with Crippen molar-refractivity contribution in [1.82, 2.24) is 4.31 Å². The molecular weight excluding hydrogens is 454 g/mol. The van der Waals surface area contributed by atoms with Crippen LogP contribution in [0, 0.1) is 6.92 Å². The number of hydrogen-bond acceptors (Lipinski definition) is 6. The van der Waals surface area contributed by atoms with Crippen molar-refractivity contribution in [3.8, 4) is 0 Å². The van der Waals surface area contributed by atoms with Gasteiger partial charge in [-0.3, -0.25) is 9.59 Å². The first-order valence-electron chi connectivity index (χ1n) is 10.2. The third-order valence-corrected chi connectivity index (χ3v) is 7.26. The molecule has 0 spiro atoms. The number of likely N-dealkylation sites (N-methyl/N-ethyl adjacent to an activating group) is 1. The summed E-state index contributed by atoms with van der Waals surface area (Å²) in [5.74, 6) is -1.33. The molecule has 1 saturated heterocycles. The molecule has 0 saturated carbocycles. The Morgan fingerprint density at radius 3 is 2.41 bits per heavy atom. The molecule has 3 rings (SSSR count). The van der Waals surface area contributed by atoms with Gasteiger partial charge in [0.2, 0.25) is 10.0 Å². The number of carbonyl (C=O) groups excluding carboxylic acids is 2. The molecule has 0 radical (unpaired) electrons. The van der Waals surface area contributed by atoms with E-state index in [4.69, 9.17) is 16.3 Å². The number of rotatable bonds is 8. The van der Waals surface area contributed by atoms with Gasteiger partial charge in [0.25, 0.3) is 5.91 Å². The van der Waals surface area contributed by atoms with Crippen molar-refractivity contribution in [1.29, 1.82) is 0 Å². The van der Waals surface area contributed by atoms with Crippen LogP contribution in [0.2, 0.25) is 5.02 Å². The monoisotopic (exact) mass is 479 g/mol. The number of esters is 1. The van der Waals surface area contributed by atoms with Crippen LogP contribution in [0.1, 0.15) is 18.4 Å². The molecule has 0 aliphatic carbocycles. The number of anilines is 2. The first-order valence-corrected chi connectivity index (χ1v) is 12.0. The van der Waals surface area contributed by atoms with Gasteiger partial charge in [0.1, 0.15) is 6.54 Å². The summed E-state index contributed by atoms with van der Waals surface area (Å²) in [5.41, 5.74) is 2.66. The van der Waals surface area contributed by atoms with Gasteiger partial charge < -0.3 is 15.0 Å². The number of sulfonamides is 1. The maximum absolute atomic E-state index is 12.5. The molecule has 1 amide bonds. The molecule has 172 valence electrons. The largest absolute Gasteiger partial charge is 0.455 e. The van der Waals surface area contributed by atoms with Crippen molar-refractivity contribution in [3.05, 3.63) is 53.1 Å². The summed E-state index contributed by atoms with van der Waals surface area (Å²) in [5, 5.41) is 3.12. The van der Waals surface area contributed by atoms with Gasteiger partial charge in [-0.2, -0.15) is 4.31 Å². The summed E-state index contributed by atoms with van der Waals surface area (Å²) in [4.78, 5) is 26.6. The quantitative estimate of drug-likeness (QED) is 0.584. The summed E-state index contributed by atoms with van der Waals surface area (Å²) in [6.45, 7) is 2.92. The number of carbonyl (C=O) groups is 2. The Kier molecular flexibility index (Phi) is 7.76. The Hall–Kier alpha value is -2.62. The summed E-state index contributed by atoms with van der Waals surface area (Å²) in [6, 6.07) is 11.4. The molecule has 0 bridgehead atoms. The van der Waals surface area contributed by atoms with E-state index in [1.807, 2.05) is 25.1 Å². The van der Waals surface area contributed by atoms with Crippen LogP contribution in [-0.4, -0.2) is 57.9 Å². The molecule has 2 aromatic rings. The van der Waals surface area contributed by atoms with Crippen LogP contribution in [0.25, 0.3) is 0 Å². The lowest BCUT2D eigenvalue weighted by molar-refractivity contribution is -0.147. The van der Waals surface area contributed by atoms with E-state index >= 15 is 0 Å². The maximum Gasteiger partial charge on any atom is 0.321 e. The topological polar surface area (TPSA) is 96.0 Å². The first-order chi connectivity index (χ1) is 15.2. The smallest absolute Gasteiger partial charge is 0.321 e. The number of halogens is 1. The van der Waals surface area contributed by atoms with E-state index < -0.39 is 35.1 Å². The second-order valence-electron chi connectivity index (χ2n) is 7.62. The third-order valence-electron chi connectivity index (χ3n) is 5.19. The summed E-state index contributed by atoms with van der Waals surface area (Å²) >= 11 is 5.78. The van der Waals surface area contributed by atoms with Gasteiger partial charge in [0.05, 0.1) is 4.90 Å². The minimum Gasteiger partial charge on any atom is -0.455 e. The maximum atomic E-state index is 12.5. The van der Waals surface area contributed by atoms with E-state index in [9.17, 15) is 18.0 Å². The molecular formula is C22H26ClN3O5S. The highest BCUT2D eigenvalue weighted by Gasteiger charge is 2.24. The lowest BCUT2D eigenvalue weighted by atomic mass is 10.1. The fourth-order valence-corrected chi connectivity index (χ4v) is 4.63. The van der Waals surface area contributed by atoms with Gasteiger partial charge >= 0.3 is 5.97 Å². The van der Waals surface area contributed by atoms with Crippen LogP contribution in [0.5, 0.6) is 0 Å². The van der Waals surface area contributed by atoms with Gasteiger partial charge in [-0.15, -0.1) is 0 Å². The molecule has 0 atom stereocenters. The number of nitrogens with zero attached hydrogens (tertiary/aromatic N) is 2. The number of hydrogen-bond donors (Lipinski definition) is 1. The zero-order valence-electron chi connectivity index (χ0n) is 18.0. The minimum absolute atomic E-state index is 0.00259. The molecule has 10 heteroatoms. The van der Waals surface area contributed by atoms with Crippen LogP contribution >= 0.6 is 11.6 Å². The van der Waals surface area contributed by atoms with E-state index in [1.54, 1.807) is 0 Å². The molecule has 2 aromatic carbocycles. The number of nitrogens with one attached hydrogen (secondary N) is 1. The normalized spacial score (nSPS) is 13.9. The van der Waals surface area contributed by atoms with Gasteiger partial charge in [0, 0.05) is 36.5 Å². The third kappa shape index (κ3) is 5.99. The van der Waals surface area contributed by atoms with E-state index in [1.165, 1.54) is 44.2 Å². The highest BCUT2D eigenvalue weighted by atomic mass is 35.5. The van der Waals surface area contributed by atoms with Crippen LogP contribution in [-0.2, 0) is 24.3 Å². The second kappa shape index (κ2) is 10.3. The fraction of sp³-hybridized carbons (Fsp3) is 0.364. The number of amides is 1. The van der Waals surface area contributed by atoms with Gasteiger partial charge in [0.15, 0.2) is 6.61 Å². The standard InChI is InChI=1S/C22H26ClN3O5S/c1-16-13-18(26-11-3-4-12-26)7-10-20(16)24-21(27)15-31-22(28)14-25(2)32(29,30)19-8-5-17(23)6-9-19/h5-10,13H,3-4,11-12,14-15H2,1-2H3,(H,24,27). The average Bonchev–Trinajstić information content (AvgIpc) is 3.29.